The number of amides is 2. The van der Waals surface area contributed by atoms with E-state index in [0.717, 1.165) is 11.3 Å². The van der Waals surface area contributed by atoms with Crippen molar-refractivity contribution >= 4 is 11.8 Å². The molecule has 7 heteroatoms. The van der Waals surface area contributed by atoms with Gasteiger partial charge in [0.1, 0.15) is 5.69 Å². The van der Waals surface area contributed by atoms with Crippen molar-refractivity contribution in [2.75, 3.05) is 46.8 Å². The Hall–Kier alpha value is -3.45. The fourth-order valence-electron chi connectivity index (χ4n) is 3.87. The summed E-state index contributed by atoms with van der Waals surface area (Å²) in [6.07, 6.45) is 1.82. The molecular weight excluding hydrogens is 402 g/mol. The fraction of sp³-hybridized carbons (Fsp3) is 0.320. The molecule has 2 amide bonds. The molecular formula is C25H29N5O2. The molecule has 0 spiro atoms. The van der Waals surface area contributed by atoms with Crippen molar-refractivity contribution in [3.63, 3.8) is 0 Å². The molecule has 1 aromatic heterocycles. The average Bonchev–Trinajstić information content (AvgIpc) is 3.25. The maximum absolute atomic E-state index is 13.5. The number of aryl methyl sites for hydroxylation is 1. The van der Waals surface area contributed by atoms with Crippen LogP contribution in [0, 0.1) is 6.92 Å². The van der Waals surface area contributed by atoms with E-state index >= 15 is 0 Å². The molecule has 0 N–H and O–H groups in total. The molecule has 0 aliphatic carbocycles. The molecule has 1 saturated heterocycles. The van der Waals surface area contributed by atoms with Crippen molar-refractivity contribution in [2.45, 2.75) is 6.92 Å². The van der Waals surface area contributed by atoms with E-state index in [1.54, 1.807) is 4.68 Å². The topological polar surface area (TPSA) is 61.7 Å². The lowest BCUT2D eigenvalue weighted by atomic mass is 10.1. The van der Waals surface area contributed by atoms with Crippen molar-refractivity contribution in [2.24, 2.45) is 0 Å². The molecule has 7 nitrogen and oxygen atoms in total. The molecule has 2 aromatic carbocycles. The first-order valence-electron chi connectivity index (χ1n) is 10.9. The number of carbonyl (C=O) groups excluding carboxylic acids is 2. The van der Waals surface area contributed by atoms with Gasteiger partial charge in [-0.3, -0.25) is 9.59 Å². The van der Waals surface area contributed by atoms with Crippen LogP contribution in [0.4, 0.5) is 0 Å². The Kier molecular flexibility index (Phi) is 6.37. The summed E-state index contributed by atoms with van der Waals surface area (Å²) >= 11 is 0. The molecule has 0 saturated carbocycles. The number of hydrogen-bond acceptors (Lipinski definition) is 4. The van der Waals surface area contributed by atoms with Gasteiger partial charge in [0.05, 0.1) is 17.8 Å². The zero-order valence-electron chi connectivity index (χ0n) is 18.9. The number of hydrogen-bond donors (Lipinski definition) is 0. The molecule has 166 valence electrons. The number of rotatable bonds is 5. The highest BCUT2D eigenvalue weighted by atomic mass is 16.2. The van der Waals surface area contributed by atoms with E-state index in [9.17, 15) is 9.59 Å². The highest BCUT2D eigenvalue weighted by Crippen LogP contribution is 2.25. The highest BCUT2D eigenvalue weighted by Gasteiger charge is 2.28. The normalized spacial score (nSPS) is 14.1. The molecule has 0 bridgehead atoms. The molecule has 2 heterocycles. The third-order valence-corrected chi connectivity index (χ3v) is 5.66. The van der Waals surface area contributed by atoms with E-state index in [4.69, 9.17) is 5.10 Å². The smallest absolute Gasteiger partial charge is 0.257 e. The maximum Gasteiger partial charge on any atom is 0.257 e. The largest absolute Gasteiger partial charge is 0.338 e. The van der Waals surface area contributed by atoms with Gasteiger partial charge >= 0.3 is 0 Å². The standard InChI is InChI=1S/C25H29N5O2/c1-19-9-11-21(12-10-19)30-17-22(24(26-30)20-7-5-4-6-8-20)25(32)29-15-13-28(14-16-29)23(31)18-27(2)3/h4-12,17H,13-16,18H2,1-3H3. The molecule has 0 radical (unpaired) electrons. The van der Waals surface area contributed by atoms with E-state index in [1.165, 1.54) is 5.56 Å². The molecule has 0 atom stereocenters. The summed E-state index contributed by atoms with van der Waals surface area (Å²) < 4.78 is 1.77. The van der Waals surface area contributed by atoms with Gasteiger partial charge in [-0.1, -0.05) is 48.0 Å². The molecule has 1 aliphatic heterocycles. The Bertz CT molecular complexity index is 1080. The third kappa shape index (κ3) is 4.73. The van der Waals surface area contributed by atoms with Crippen molar-refractivity contribution in [3.05, 3.63) is 71.9 Å². The lowest BCUT2D eigenvalue weighted by Gasteiger charge is -2.35. The van der Waals surface area contributed by atoms with Crippen LogP contribution < -0.4 is 0 Å². The van der Waals surface area contributed by atoms with Crippen LogP contribution in [-0.4, -0.2) is 83.1 Å². The van der Waals surface area contributed by atoms with Crippen LogP contribution in [0.25, 0.3) is 16.9 Å². The van der Waals surface area contributed by atoms with Crippen LogP contribution in [-0.2, 0) is 4.79 Å². The third-order valence-electron chi connectivity index (χ3n) is 5.66. The lowest BCUT2D eigenvalue weighted by molar-refractivity contribution is -0.133. The van der Waals surface area contributed by atoms with E-state index in [0.29, 0.717) is 44.0 Å². The Labute approximate surface area is 188 Å². The van der Waals surface area contributed by atoms with Crippen molar-refractivity contribution in [1.29, 1.82) is 0 Å². The highest BCUT2D eigenvalue weighted by molar-refractivity contribution is 6.00. The Morgan fingerprint density at radius 2 is 1.53 bits per heavy atom. The van der Waals surface area contributed by atoms with E-state index in [1.807, 2.05) is 96.5 Å². The minimum absolute atomic E-state index is 0.0538. The van der Waals surface area contributed by atoms with Crippen LogP contribution >= 0.6 is 0 Å². The van der Waals surface area contributed by atoms with Crippen LogP contribution in [0.15, 0.2) is 60.8 Å². The predicted molar refractivity (Wildman–Crippen MR) is 125 cm³/mol. The molecule has 3 aromatic rings. The van der Waals surface area contributed by atoms with Gasteiger partial charge in [0.15, 0.2) is 0 Å². The van der Waals surface area contributed by atoms with E-state index < -0.39 is 0 Å². The second-order valence-corrected chi connectivity index (χ2v) is 8.45. The Morgan fingerprint density at radius 1 is 0.906 bits per heavy atom. The first-order chi connectivity index (χ1) is 15.4. The van der Waals surface area contributed by atoms with Crippen molar-refractivity contribution in [1.82, 2.24) is 24.5 Å². The summed E-state index contributed by atoms with van der Waals surface area (Å²) in [4.78, 5) is 31.4. The fourth-order valence-corrected chi connectivity index (χ4v) is 3.87. The lowest BCUT2D eigenvalue weighted by Crippen LogP contribution is -2.52. The van der Waals surface area contributed by atoms with Gasteiger partial charge in [-0.15, -0.1) is 0 Å². The van der Waals surface area contributed by atoms with Gasteiger partial charge in [0, 0.05) is 37.9 Å². The second kappa shape index (κ2) is 9.36. The molecule has 1 aliphatic rings. The summed E-state index contributed by atoms with van der Waals surface area (Å²) in [5, 5.41) is 4.77. The number of nitrogens with zero attached hydrogens (tertiary/aromatic N) is 5. The van der Waals surface area contributed by atoms with Crippen LogP contribution in [0.2, 0.25) is 0 Å². The quantitative estimate of drug-likeness (QED) is 0.623. The van der Waals surface area contributed by atoms with Gasteiger partial charge in [0.2, 0.25) is 5.91 Å². The minimum Gasteiger partial charge on any atom is -0.338 e. The summed E-state index contributed by atoms with van der Waals surface area (Å²) in [6, 6.07) is 17.8. The summed E-state index contributed by atoms with van der Waals surface area (Å²) in [5.41, 5.74) is 4.22. The summed E-state index contributed by atoms with van der Waals surface area (Å²) in [7, 11) is 3.77. The monoisotopic (exact) mass is 431 g/mol. The molecule has 4 rings (SSSR count). The predicted octanol–water partition coefficient (Wildman–Crippen LogP) is 2.69. The van der Waals surface area contributed by atoms with Crippen LogP contribution in [0.3, 0.4) is 0 Å². The zero-order valence-corrected chi connectivity index (χ0v) is 18.9. The average molecular weight is 432 g/mol. The van der Waals surface area contributed by atoms with Crippen molar-refractivity contribution in [3.8, 4) is 16.9 Å². The molecule has 1 fully saturated rings. The number of carbonyl (C=O) groups is 2. The number of benzene rings is 2. The van der Waals surface area contributed by atoms with Gasteiger partial charge in [-0.2, -0.15) is 5.10 Å². The van der Waals surface area contributed by atoms with Crippen molar-refractivity contribution < 1.29 is 9.59 Å². The zero-order chi connectivity index (χ0) is 22.7. The Morgan fingerprint density at radius 3 is 2.16 bits per heavy atom. The molecule has 32 heavy (non-hydrogen) atoms. The summed E-state index contributed by atoms with van der Waals surface area (Å²) in [6.45, 7) is 4.55. The number of likely N-dealkylation sites (N-methyl/N-ethyl adjacent to an activating group) is 1. The van der Waals surface area contributed by atoms with Gasteiger partial charge < -0.3 is 14.7 Å². The first kappa shape index (κ1) is 21.8. The van der Waals surface area contributed by atoms with E-state index in [-0.39, 0.29) is 11.8 Å². The van der Waals surface area contributed by atoms with Gasteiger partial charge in [-0.05, 0) is 33.2 Å². The summed E-state index contributed by atoms with van der Waals surface area (Å²) in [5.74, 6) is 0.0428. The molecule has 0 unspecified atom stereocenters. The SMILES string of the molecule is Cc1ccc(-n2cc(C(=O)N3CCN(C(=O)CN(C)C)CC3)c(-c3ccccc3)n2)cc1. The first-order valence-corrected chi connectivity index (χ1v) is 10.9. The second-order valence-electron chi connectivity index (χ2n) is 8.45. The van der Waals surface area contributed by atoms with Gasteiger partial charge in [0.25, 0.3) is 5.91 Å². The van der Waals surface area contributed by atoms with Crippen LogP contribution in [0.1, 0.15) is 15.9 Å². The van der Waals surface area contributed by atoms with E-state index in [2.05, 4.69) is 0 Å². The number of aromatic nitrogens is 2. The Balaban J connectivity index is 1.59. The minimum atomic E-state index is -0.0538. The maximum atomic E-state index is 13.5. The van der Waals surface area contributed by atoms with Gasteiger partial charge in [-0.25, -0.2) is 4.68 Å². The van der Waals surface area contributed by atoms with Crippen LogP contribution in [0.5, 0.6) is 0 Å². The number of piperazine rings is 1.